The highest BCUT2D eigenvalue weighted by Crippen LogP contribution is 2.48. The Morgan fingerprint density at radius 3 is 3.00 bits per heavy atom. The van der Waals surface area contributed by atoms with Crippen LogP contribution in [0.15, 0.2) is 11.4 Å². The van der Waals surface area contributed by atoms with Gasteiger partial charge in [-0.05, 0) is 67.0 Å². The van der Waals surface area contributed by atoms with E-state index in [1.165, 1.54) is 33.7 Å². The number of nitrogens with zero attached hydrogens (tertiary/aromatic N) is 2. The van der Waals surface area contributed by atoms with Crippen LogP contribution in [0.1, 0.15) is 51.7 Å². The third kappa shape index (κ3) is 2.79. The van der Waals surface area contributed by atoms with Crippen LogP contribution in [0.4, 0.5) is 5.00 Å². The van der Waals surface area contributed by atoms with E-state index >= 15 is 0 Å². The van der Waals surface area contributed by atoms with Gasteiger partial charge >= 0.3 is 0 Å². The molecule has 1 fully saturated rings. The van der Waals surface area contributed by atoms with Gasteiger partial charge in [0, 0.05) is 22.3 Å². The molecule has 1 amide bonds. The predicted octanol–water partition coefficient (Wildman–Crippen LogP) is 4.12. The Morgan fingerprint density at radius 1 is 1.31 bits per heavy atom. The van der Waals surface area contributed by atoms with E-state index in [-0.39, 0.29) is 5.91 Å². The summed E-state index contributed by atoms with van der Waals surface area (Å²) in [7, 11) is 0. The van der Waals surface area contributed by atoms with Crippen LogP contribution in [0, 0.1) is 17.2 Å². The van der Waals surface area contributed by atoms with Gasteiger partial charge < -0.3 is 5.32 Å². The highest BCUT2D eigenvalue weighted by atomic mass is 32.1. The molecule has 3 heterocycles. The lowest BCUT2D eigenvalue weighted by molar-refractivity contribution is -0.118. The van der Waals surface area contributed by atoms with Crippen LogP contribution in [0.2, 0.25) is 0 Å². The Kier molecular flexibility index (Phi) is 4.11. The number of hydrogen-bond donors (Lipinski definition) is 1. The van der Waals surface area contributed by atoms with Crippen molar-refractivity contribution in [1.29, 1.82) is 5.26 Å². The second-order valence-electron chi connectivity index (χ2n) is 7.52. The number of amides is 1. The lowest BCUT2D eigenvalue weighted by Gasteiger charge is -2.35. The fourth-order valence-electron chi connectivity index (χ4n) is 4.50. The van der Waals surface area contributed by atoms with Crippen LogP contribution in [0.3, 0.4) is 0 Å². The van der Waals surface area contributed by atoms with Gasteiger partial charge in [0.15, 0.2) is 0 Å². The summed E-state index contributed by atoms with van der Waals surface area (Å²) in [5.74, 6) is 0.724. The number of fused-ring (bicyclic) bond motifs is 2. The number of anilines is 1. The molecule has 0 unspecified atom stereocenters. The van der Waals surface area contributed by atoms with Gasteiger partial charge in [-0.25, -0.2) is 0 Å². The van der Waals surface area contributed by atoms with Crippen LogP contribution in [0.5, 0.6) is 0 Å². The largest absolute Gasteiger partial charge is 0.315 e. The summed E-state index contributed by atoms with van der Waals surface area (Å²) in [6, 6.07) is 4.97. The third-order valence-electron chi connectivity index (χ3n) is 5.82. The van der Waals surface area contributed by atoms with Gasteiger partial charge in [0.25, 0.3) is 0 Å². The molecule has 0 aromatic carbocycles. The van der Waals surface area contributed by atoms with Gasteiger partial charge in [-0.1, -0.05) is 0 Å². The lowest BCUT2D eigenvalue weighted by Crippen LogP contribution is -2.41. The molecule has 5 rings (SSSR count). The zero-order valence-electron chi connectivity index (χ0n) is 14.6. The van der Waals surface area contributed by atoms with E-state index in [2.05, 4.69) is 27.7 Å². The summed E-state index contributed by atoms with van der Waals surface area (Å²) in [6.07, 6.45) is 6.73. The number of thiophene rings is 2. The Bertz CT molecular complexity index is 903. The first kappa shape index (κ1) is 16.5. The van der Waals surface area contributed by atoms with E-state index < -0.39 is 0 Å². The average Bonchev–Trinajstić information content (AvgIpc) is 3.02. The lowest BCUT2D eigenvalue weighted by atomic mass is 9.96. The Morgan fingerprint density at radius 2 is 2.19 bits per heavy atom. The second-order valence-corrected chi connectivity index (χ2v) is 9.63. The van der Waals surface area contributed by atoms with Crippen molar-refractivity contribution in [1.82, 2.24) is 4.90 Å². The van der Waals surface area contributed by atoms with Crippen molar-refractivity contribution in [2.45, 2.75) is 44.6 Å². The van der Waals surface area contributed by atoms with E-state index in [0.717, 1.165) is 37.2 Å². The van der Waals surface area contributed by atoms with Crippen LogP contribution in [0.25, 0.3) is 0 Å². The van der Waals surface area contributed by atoms with E-state index in [1.54, 1.807) is 11.3 Å². The molecule has 4 nitrogen and oxygen atoms in total. The summed E-state index contributed by atoms with van der Waals surface area (Å²) in [5, 5.41) is 15.5. The normalized spacial score (nSPS) is 21.9. The van der Waals surface area contributed by atoms with E-state index in [1.807, 2.05) is 11.3 Å². The third-order valence-corrected chi connectivity index (χ3v) is 8.02. The van der Waals surface area contributed by atoms with Gasteiger partial charge in [0.2, 0.25) is 5.91 Å². The van der Waals surface area contributed by atoms with E-state index in [4.69, 9.17) is 0 Å². The number of carbonyl (C=O) groups excluding carboxylic acids is 1. The summed E-state index contributed by atoms with van der Waals surface area (Å²) >= 11 is 3.46. The van der Waals surface area contributed by atoms with Crippen molar-refractivity contribution in [3.8, 4) is 6.07 Å². The quantitative estimate of drug-likeness (QED) is 0.864. The van der Waals surface area contributed by atoms with E-state index in [9.17, 15) is 10.1 Å². The number of hydrogen-bond acceptors (Lipinski definition) is 5. The van der Waals surface area contributed by atoms with Gasteiger partial charge in [-0.2, -0.15) is 5.26 Å². The summed E-state index contributed by atoms with van der Waals surface area (Å²) < 4.78 is 0. The molecule has 134 valence electrons. The van der Waals surface area contributed by atoms with E-state index in [0.29, 0.717) is 24.1 Å². The number of nitrogens with one attached hydrogen (secondary N) is 1. The van der Waals surface area contributed by atoms with Gasteiger partial charge in [0.05, 0.1) is 12.1 Å². The van der Waals surface area contributed by atoms with Crippen molar-refractivity contribution < 1.29 is 4.79 Å². The SMILES string of the molecule is N#Cc1c(NC(=O)CN2CCc3sccc3[C@H]2C2CC2)sc2c1CCC2. The molecule has 3 aliphatic rings. The molecule has 1 aliphatic heterocycles. The van der Waals surface area contributed by atoms with Crippen LogP contribution in [-0.4, -0.2) is 23.9 Å². The minimum absolute atomic E-state index is 0.0192. The fourth-order valence-corrected chi connectivity index (χ4v) is 6.67. The first-order valence-corrected chi connectivity index (χ1v) is 11.1. The molecule has 0 bridgehead atoms. The number of aryl methyl sites for hydroxylation is 1. The molecule has 0 spiro atoms. The van der Waals surface area contributed by atoms with Crippen molar-refractivity contribution >= 4 is 33.6 Å². The molecule has 1 saturated carbocycles. The molecular formula is C20H21N3OS2. The average molecular weight is 384 g/mol. The number of carbonyl (C=O) groups is 1. The zero-order valence-corrected chi connectivity index (χ0v) is 16.2. The van der Waals surface area contributed by atoms with Crippen molar-refractivity contribution in [3.05, 3.63) is 37.9 Å². The molecule has 2 aliphatic carbocycles. The van der Waals surface area contributed by atoms with Crippen molar-refractivity contribution in [3.63, 3.8) is 0 Å². The molecule has 1 atom stereocenters. The summed E-state index contributed by atoms with van der Waals surface area (Å²) in [4.78, 5) is 17.9. The molecular weight excluding hydrogens is 362 g/mol. The van der Waals surface area contributed by atoms with Crippen LogP contribution >= 0.6 is 22.7 Å². The minimum atomic E-state index is 0.0192. The van der Waals surface area contributed by atoms with Crippen molar-refractivity contribution in [2.24, 2.45) is 5.92 Å². The Labute approximate surface area is 161 Å². The monoisotopic (exact) mass is 383 g/mol. The maximum atomic E-state index is 12.8. The minimum Gasteiger partial charge on any atom is -0.315 e. The second kappa shape index (κ2) is 6.49. The molecule has 2 aromatic heterocycles. The van der Waals surface area contributed by atoms with Gasteiger partial charge in [0.1, 0.15) is 11.1 Å². The van der Waals surface area contributed by atoms with Crippen molar-refractivity contribution in [2.75, 3.05) is 18.4 Å². The molecule has 26 heavy (non-hydrogen) atoms. The topological polar surface area (TPSA) is 56.1 Å². The van der Waals surface area contributed by atoms with Crippen LogP contribution in [-0.2, 0) is 24.1 Å². The smallest absolute Gasteiger partial charge is 0.239 e. The van der Waals surface area contributed by atoms with Gasteiger partial charge in [-0.15, -0.1) is 22.7 Å². The Hall–Kier alpha value is -1.68. The first-order chi connectivity index (χ1) is 12.7. The summed E-state index contributed by atoms with van der Waals surface area (Å²) in [5.41, 5.74) is 3.32. The highest BCUT2D eigenvalue weighted by molar-refractivity contribution is 7.16. The molecule has 6 heteroatoms. The molecule has 2 aromatic rings. The highest BCUT2D eigenvalue weighted by Gasteiger charge is 2.40. The molecule has 1 N–H and O–H groups in total. The van der Waals surface area contributed by atoms with Crippen LogP contribution < -0.4 is 5.32 Å². The maximum absolute atomic E-state index is 12.8. The molecule has 0 radical (unpaired) electrons. The first-order valence-electron chi connectivity index (χ1n) is 9.39. The summed E-state index contributed by atoms with van der Waals surface area (Å²) in [6.45, 7) is 1.37. The standard InChI is InChI=1S/C20H21N3OS2/c21-10-15-13-2-1-3-17(13)26-20(15)22-18(24)11-23-8-6-16-14(7-9-25-16)19(23)12-4-5-12/h7,9,12,19H,1-6,8,11H2,(H,22,24)/t19-/m1/s1. The fraction of sp³-hybridized carbons (Fsp3) is 0.500. The predicted molar refractivity (Wildman–Crippen MR) is 105 cm³/mol. The number of nitriles is 1. The maximum Gasteiger partial charge on any atom is 0.239 e. The Balaban J connectivity index is 1.33. The number of rotatable bonds is 4. The van der Waals surface area contributed by atoms with Gasteiger partial charge in [-0.3, -0.25) is 9.69 Å². The zero-order chi connectivity index (χ0) is 17.7. The molecule has 0 saturated heterocycles.